The van der Waals surface area contributed by atoms with Crippen LogP contribution in [0.1, 0.15) is 5.56 Å². The van der Waals surface area contributed by atoms with Crippen molar-refractivity contribution in [3.63, 3.8) is 0 Å². The van der Waals surface area contributed by atoms with Gasteiger partial charge in [0.05, 0.1) is 4.92 Å². The standard InChI is InChI=1S/C10H6ClN3O4/c11-7-2-1-6(14(17)18)3-5(7)4-8-9(15)13-10(16)12-8/h1-4H,(H2,12,13,15,16)/b8-4-. The fraction of sp³-hybridized carbons (Fsp3) is 0. The highest BCUT2D eigenvalue weighted by molar-refractivity contribution is 6.32. The van der Waals surface area contributed by atoms with E-state index < -0.39 is 16.9 Å². The first-order valence-electron chi connectivity index (χ1n) is 4.75. The molecule has 0 saturated carbocycles. The lowest BCUT2D eigenvalue weighted by Gasteiger charge is -1.99. The topological polar surface area (TPSA) is 101 Å². The molecule has 3 amide bonds. The summed E-state index contributed by atoms with van der Waals surface area (Å²) in [5, 5.41) is 15.1. The molecule has 2 rings (SSSR count). The molecule has 0 aromatic heterocycles. The zero-order valence-corrected chi connectivity index (χ0v) is 9.52. The first-order chi connectivity index (χ1) is 8.47. The summed E-state index contributed by atoms with van der Waals surface area (Å²) in [6.45, 7) is 0. The summed E-state index contributed by atoms with van der Waals surface area (Å²) >= 11 is 5.85. The van der Waals surface area contributed by atoms with Crippen molar-refractivity contribution >= 4 is 35.3 Å². The van der Waals surface area contributed by atoms with Gasteiger partial charge in [-0.05, 0) is 12.1 Å². The molecule has 2 N–H and O–H groups in total. The minimum Gasteiger partial charge on any atom is -0.303 e. The van der Waals surface area contributed by atoms with Gasteiger partial charge in [0.25, 0.3) is 11.6 Å². The van der Waals surface area contributed by atoms with E-state index in [9.17, 15) is 19.7 Å². The summed E-state index contributed by atoms with van der Waals surface area (Å²) in [5.41, 5.74) is 0.108. The van der Waals surface area contributed by atoms with E-state index in [2.05, 4.69) is 5.32 Å². The molecule has 92 valence electrons. The van der Waals surface area contributed by atoms with E-state index >= 15 is 0 Å². The molecule has 1 heterocycles. The zero-order chi connectivity index (χ0) is 13.3. The van der Waals surface area contributed by atoms with E-state index in [4.69, 9.17) is 11.6 Å². The Morgan fingerprint density at radius 1 is 1.28 bits per heavy atom. The molecule has 0 radical (unpaired) electrons. The van der Waals surface area contributed by atoms with Crippen LogP contribution < -0.4 is 10.6 Å². The number of nitro benzene ring substituents is 1. The van der Waals surface area contributed by atoms with Crippen LogP contribution in [0.2, 0.25) is 5.02 Å². The number of amides is 3. The van der Waals surface area contributed by atoms with Gasteiger partial charge in [-0.25, -0.2) is 4.79 Å². The highest BCUT2D eigenvalue weighted by Crippen LogP contribution is 2.24. The Hall–Kier alpha value is -2.41. The summed E-state index contributed by atoms with van der Waals surface area (Å²) in [4.78, 5) is 32.2. The van der Waals surface area contributed by atoms with Crippen LogP contribution in [0.15, 0.2) is 23.9 Å². The Morgan fingerprint density at radius 2 is 2.00 bits per heavy atom. The number of urea groups is 1. The van der Waals surface area contributed by atoms with E-state index in [0.29, 0.717) is 0 Å². The van der Waals surface area contributed by atoms with Gasteiger partial charge in [-0.1, -0.05) is 11.6 Å². The Labute approximate surface area is 106 Å². The van der Waals surface area contributed by atoms with Crippen LogP contribution in [0.4, 0.5) is 10.5 Å². The summed E-state index contributed by atoms with van der Waals surface area (Å²) in [5.74, 6) is -0.609. The fourth-order valence-electron chi connectivity index (χ4n) is 1.39. The number of non-ortho nitro benzene ring substituents is 1. The van der Waals surface area contributed by atoms with Crippen LogP contribution >= 0.6 is 11.6 Å². The van der Waals surface area contributed by atoms with Crippen LogP contribution in [0.5, 0.6) is 0 Å². The van der Waals surface area contributed by atoms with Crippen LogP contribution in [0.25, 0.3) is 6.08 Å². The lowest BCUT2D eigenvalue weighted by Crippen LogP contribution is -2.22. The Balaban J connectivity index is 2.42. The summed E-state index contributed by atoms with van der Waals surface area (Å²) in [6, 6.07) is 3.17. The molecule has 0 bridgehead atoms. The maximum Gasteiger partial charge on any atom is 0.326 e. The van der Waals surface area contributed by atoms with Crippen molar-refractivity contribution in [3.8, 4) is 0 Å². The third kappa shape index (κ3) is 2.30. The highest BCUT2D eigenvalue weighted by atomic mass is 35.5. The van der Waals surface area contributed by atoms with Crippen LogP contribution in [0, 0.1) is 10.1 Å². The van der Waals surface area contributed by atoms with Gasteiger partial charge in [0, 0.05) is 22.7 Å². The zero-order valence-electron chi connectivity index (χ0n) is 8.77. The second kappa shape index (κ2) is 4.46. The molecule has 7 nitrogen and oxygen atoms in total. The average Bonchev–Trinajstić information content (AvgIpc) is 2.60. The number of nitrogens with zero attached hydrogens (tertiary/aromatic N) is 1. The number of nitro groups is 1. The van der Waals surface area contributed by atoms with E-state index in [0.717, 1.165) is 0 Å². The molecule has 1 aromatic rings. The normalized spacial score (nSPS) is 16.6. The van der Waals surface area contributed by atoms with Gasteiger partial charge in [-0.15, -0.1) is 0 Å². The Morgan fingerprint density at radius 3 is 2.56 bits per heavy atom. The summed E-state index contributed by atoms with van der Waals surface area (Å²) in [7, 11) is 0. The van der Waals surface area contributed by atoms with Crippen LogP contribution in [-0.4, -0.2) is 16.9 Å². The first kappa shape index (κ1) is 12.1. The van der Waals surface area contributed by atoms with Crippen molar-refractivity contribution in [2.75, 3.05) is 0 Å². The predicted molar refractivity (Wildman–Crippen MR) is 62.8 cm³/mol. The van der Waals surface area contributed by atoms with Gasteiger partial charge >= 0.3 is 6.03 Å². The second-order valence-corrected chi connectivity index (χ2v) is 3.84. The largest absolute Gasteiger partial charge is 0.326 e. The van der Waals surface area contributed by atoms with Gasteiger partial charge in [0.2, 0.25) is 0 Å². The lowest BCUT2D eigenvalue weighted by molar-refractivity contribution is -0.384. The monoisotopic (exact) mass is 267 g/mol. The quantitative estimate of drug-likeness (QED) is 0.366. The molecular formula is C10H6ClN3O4. The van der Waals surface area contributed by atoms with Gasteiger partial charge in [-0.2, -0.15) is 0 Å². The van der Waals surface area contributed by atoms with Crippen molar-refractivity contribution in [2.45, 2.75) is 0 Å². The molecule has 1 fully saturated rings. The number of benzene rings is 1. The van der Waals surface area contributed by atoms with Crippen molar-refractivity contribution in [1.29, 1.82) is 0 Å². The van der Waals surface area contributed by atoms with Crippen molar-refractivity contribution in [2.24, 2.45) is 0 Å². The van der Waals surface area contributed by atoms with Gasteiger partial charge < -0.3 is 5.32 Å². The van der Waals surface area contributed by atoms with Gasteiger partial charge in [-0.3, -0.25) is 20.2 Å². The molecule has 0 spiro atoms. The maximum absolute atomic E-state index is 11.3. The summed E-state index contributed by atoms with van der Waals surface area (Å²) in [6.07, 6.45) is 1.27. The Bertz CT molecular complexity index is 597. The summed E-state index contributed by atoms with van der Waals surface area (Å²) < 4.78 is 0. The van der Waals surface area contributed by atoms with Gasteiger partial charge in [0.15, 0.2) is 0 Å². The molecule has 0 atom stereocenters. The molecule has 1 aliphatic heterocycles. The number of rotatable bonds is 2. The first-order valence-corrected chi connectivity index (χ1v) is 5.13. The van der Waals surface area contributed by atoms with Gasteiger partial charge in [0.1, 0.15) is 5.70 Å². The lowest BCUT2D eigenvalue weighted by atomic mass is 10.1. The van der Waals surface area contributed by atoms with E-state index in [1.54, 1.807) is 0 Å². The molecule has 1 aromatic carbocycles. The molecule has 1 aliphatic rings. The minimum absolute atomic E-state index is 0.0117. The SMILES string of the molecule is O=C1NC(=O)/C(=C/c2cc([N+](=O)[O-])ccc2Cl)N1. The van der Waals surface area contributed by atoms with Crippen LogP contribution in [0.3, 0.4) is 0 Å². The molecule has 8 heteroatoms. The minimum atomic E-state index is -0.646. The number of hydrogen-bond donors (Lipinski definition) is 2. The number of hydrogen-bond acceptors (Lipinski definition) is 4. The molecule has 18 heavy (non-hydrogen) atoms. The molecule has 0 unspecified atom stereocenters. The second-order valence-electron chi connectivity index (χ2n) is 3.43. The van der Waals surface area contributed by atoms with Crippen molar-refractivity contribution in [3.05, 3.63) is 44.6 Å². The smallest absolute Gasteiger partial charge is 0.303 e. The van der Waals surface area contributed by atoms with E-state index in [-0.39, 0.29) is 22.0 Å². The molecule has 1 saturated heterocycles. The third-order valence-electron chi connectivity index (χ3n) is 2.21. The number of carbonyl (C=O) groups is 2. The number of imide groups is 1. The Kier molecular flexibility index (Phi) is 2.99. The van der Waals surface area contributed by atoms with E-state index in [1.165, 1.54) is 24.3 Å². The van der Waals surface area contributed by atoms with Crippen molar-refractivity contribution in [1.82, 2.24) is 10.6 Å². The molecular weight excluding hydrogens is 262 g/mol. The maximum atomic E-state index is 11.3. The third-order valence-corrected chi connectivity index (χ3v) is 2.55. The number of halogens is 1. The predicted octanol–water partition coefficient (Wildman–Crippen LogP) is 1.43. The van der Waals surface area contributed by atoms with Crippen molar-refractivity contribution < 1.29 is 14.5 Å². The number of carbonyl (C=O) groups excluding carboxylic acids is 2. The number of nitrogens with one attached hydrogen (secondary N) is 2. The van der Waals surface area contributed by atoms with E-state index in [1.807, 2.05) is 5.32 Å². The van der Waals surface area contributed by atoms with Crippen LogP contribution in [-0.2, 0) is 4.79 Å². The average molecular weight is 268 g/mol. The highest BCUT2D eigenvalue weighted by Gasteiger charge is 2.23. The molecule has 0 aliphatic carbocycles. The fourth-order valence-corrected chi connectivity index (χ4v) is 1.57.